The van der Waals surface area contributed by atoms with E-state index in [9.17, 15) is 4.79 Å². The summed E-state index contributed by atoms with van der Waals surface area (Å²) in [7, 11) is 0. The Balaban J connectivity index is 1.80. The van der Waals surface area contributed by atoms with Crippen LogP contribution in [0.3, 0.4) is 0 Å². The molecule has 0 aromatic heterocycles. The molecule has 1 atom stereocenters. The van der Waals surface area contributed by atoms with Crippen molar-refractivity contribution in [2.75, 3.05) is 25.0 Å². The zero-order chi connectivity index (χ0) is 15.5. The van der Waals surface area contributed by atoms with Crippen LogP contribution in [0.2, 0.25) is 5.02 Å². The molecule has 2 N–H and O–H groups in total. The van der Waals surface area contributed by atoms with Crippen LogP contribution in [-0.2, 0) is 9.47 Å². The average molecular weight is 313 g/mol. The van der Waals surface area contributed by atoms with Crippen LogP contribution in [0.1, 0.15) is 19.4 Å². The lowest BCUT2D eigenvalue weighted by atomic mass is 10.1. The molecule has 0 spiro atoms. The highest BCUT2D eigenvalue weighted by Gasteiger charge is 2.28. The summed E-state index contributed by atoms with van der Waals surface area (Å²) in [5.41, 5.74) is 1.32. The molecule has 1 aromatic carbocycles. The van der Waals surface area contributed by atoms with Gasteiger partial charge < -0.3 is 14.8 Å². The van der Waals surface area contributed by atoms with Crippen molar-refractivity contribution in [2.45, 2.75) is 32.5 Å². The second-order valence-corrected chi connectivity index (χ2v) is 6.23. The molecule has 0 radical (unpaired) electrons. The van der Waals surface area contributed by atoms with Crippen LogP contribution >= 0.6 is 11.6 Å². The monoisotopic (exact) mass is 312 g/mol. The molecular formula is C15H21ClN2O3. The number of carbonyl (C=O) groups is 1. The summed E-state index contributed by atoms with van der Waals surface area (Å²) >= 11 is 6.01. The molecule has 1 amide bonds. The molecule has 1 aromatic rings. The number of nitrogens with one attached hydrogen (secondary N) is 2. The number of aryl methyl sites for hydroxylation is 1. The number of benzene rings is 1. The van der Waals surface area contributed by atoms with Crippen LogP contribution in [0.5, 0.6) is 0 Å². The Morgan fingerprint density at radius 1 is 1.57 bits per heavy atom. The van der Waals surface area contributed by atoms with Crippen LogP contribution < -0.4 is 10.6 Å². The molecular weight excluding hydrogens is 292 g/mol. The molecule has 1 heterocycles. The van der Waals surface area contributed by atoms with Crippen molar-refractivity contribution in [3.05, 3.63) is 28.8 Å². The molecule has 1 fully saturated rings. The third-order valence-corrected chi connectivity index (χ3v) is 3.63. The summed E-state index contributed by atoms with van der Waals surface area (Å²) in [5.74, 6) is 0. The van der Waals surface area contributed by atoms with Crippen LogP contribution in [0.4, 0.5) is 10.5 Å². The highest BCUT2D eigenvalue weighted by molar-refractivity contribution is 6.31. The van der Waals surface area contributed by atoms with Gasteiger partial charge >= 0.3 is 6.09 Å². The molecule has 116 valence electrons. The zero-order valence-corrected chi connectivity index (χ0v) is 13.3. The van der Waals surface area contributed by atoms with Crippen LogP contribution in [-0.4, -0.2) is 37.5 Å². The number of ether oxygens (including phenoxy) is 2. The van der Waals surface area contributed by atoms with Gasteiger partial charge in [0.2, 0.25) is 0 Å². The fourth-order valence-corrected chi connectivity index (χ4v) is 2.34. The van der Waals surface area contributed by atoms with Gasteiger partial charge in [-0.15, -0.1) is 0 Å². The van der Waals surface area contributed by atoms with Crippen molar-refractivity contribution < 1.29 is 14.3 Å². The minimum Gasteiger partial charge on any atom is -0.446 e. The lowest BCUT2D eigenvalue weighted by Crippen LogP contribution is -2.52. The van der Waals surface area contributed by atoms with Gasteiger partial charge in [0.1, 0.15) is 12.7 Å². The maximum Gasteiger partial charge on any atom is 0.411 e. The Hall–Kier alpha value is -1.30. The number of amides is 1. The molecule has 2 rings (SSSR count). The van der Waals surface area contributed by atoms with Gasteiger partial charge in [0.15, 0.2) is 0 Å². The maximum atomic E-state index is 11.8. The standard InChI is InChI=1S/C15H21ClN2O3/c1-10-4-5-11(6-13(10)16)18-14(19)20-8-12-7-17-9-15(2,3)21-12/h4-6,12,17H,7-9H2,1-3H3,(H,18,19). The first-order valence-electron chi connectivity index (χ1n) is 6.94. The molecule has 1 saturated heterocycles. The van der Waals surface area contributed by atoms with E-state index in [4.69, 9.17) is 21.1 Å². The molecule has 1 aliphatic heterocycles. The maximum absolute atomic E-state index is 11.8. The first-order valence-corrected chi connectivity index (χ1v) is 7.32. The quantitative estimate of drug-likeness (QED) is 0.901. The van der Waals surface area contributed by atoms with Crippen molar-refractivity contribution in [3.8, 4) is 0 Å². The van der Waals surface area contributed by atoms with E-state index >= 15 is 0 Å². The predicted octanol–water partition coefficient (Wildman–Crippen LogP) is 2.96. The van der Waals surface area contributed by atoms with E-state index in [2.05, 4.69) is 10.6 Å². The van der Waals surface area contributed by atoms with Gasteiger partial charge in [-0.25, -0.2) is 4.79 Å². The Labute approximate surface area is 130 Å². The van der Waals surface area contributed by atoms with Crippen molar-refractivity contribution in [2.24, 2.45) is 0 Å². The zero-order valence-electron chi connectivity index (χ0n) is 12.5. The van der Waals surface area contributed by atoms with Crippen molar-refractivity contribution in [1.82, 2.24) is 5.32 Å². The number of hydrogen-bond acceptors (Lipinski definition) is 4. The summed E-state index contributed by atoms with van der Waals surface area (Å²) < 4.78 is 11.0. The smallest absolute Gasteiger partial charge is 0.411 e. The summed E-state index contributed by atoms with van der Waals surface area (Å²) in [4.78, 5) is 11.8. The van der Waals surface area contributed by atoms with Gasteiger partial charge in [0, 0.05) is 23.8 Å². The second kappa shape index (κ2) is 6.64. The topological polar surface area (TPSA) is 59.6 Å². The summed E-state index contributed by atoms with van der Waals surface area (Å²) in [6.07, 6.45) is -0.650. The SMILES string of the molecule is Cc1ccc(NC(=O)OCC2CNCC(C)(C)O2)cc1Cl. The van der Waals surface area contributed by atoms with Gasteiger partial charge in [-0.2, -0.15) is 0 Å². The van der Waals surface area contributed by atoms with E-state index in [0.29, 0.717) is 17.3 Å². The van der Waals surface area contributed by atoms with Crippen LogP contribution in [0.15, 0.2) is 18.2 Å². The molecule has 0 aliphatic carbocycles. The third kappa shape index (κ3) is 4.88. The molecule has 0 bridgehead atoms. The molecule has 21 heavy (non-hydrogen) atoms. The van der Waals surface area contributed by atoms with Crippen molar-refractivity contribution >= 4 is 23.4 Å². The van der Waals surface area contributed by atoms with Crippen LogP contribution in [0, 0.1) is 6.92 Å². The minimum atomic E-state index is -0.512. The predicted molar refractivity (Wildman–Crippen MR) is 83.0 cm³/mol. The van der Waals surface area contributed by atoms with Gasteiger partial charge in [-0.1, -0.05) is 17.7 Å². The van der Waals surface area contributed by atoms with Crippen molar-refractivity contribution in [1.29, 1.82) is 0 Å². The lowest BCUT2D eigenvalue weighted by Gasteiger charge is -2.36. The molecule has 5 nitrogen and oxygen atoms in total. The van der Waals surface area contributed by atoms with E-state index in [1.54, 1.807) is 12.1 Å². The number of morpholine rings is 1. The number of anilines is 1. The Kier molecular flexibility index (Phi) is 5.08. The summed E-state index contributed by atoms with van der Waals surface area (Å²) in [6, 6.07) is 5.32. The Morgan fingerprint density at radius 2 is 2.33 bits per heavy atom. The first kappa shape index (κ1) is 16.1. The number of halogens is 1. The van der Waals surface area contributed by atoms with E-state index in [1.807, 2.05) is 26.8 Å². The largest absolute Gasteiger partial charge is 0.446 e. The number of rotatable bonds is 3. The normalized spacial score (nSPS) is 20.9. The second-order valence-electron chi connectivity index (χ2n) is 5.82. The summed E-state index contributed by atoms with van der Waals surface area (Å²) in [6.45, 7) is 7.58. The molecule has 0 saturated carbocycles. The number of carbonyl (C=O) groups excluding carboxylic acids is 1. The lowest BCUT2D eigenvalue weighted by molar-refractivity contribution is -0.110. The van der Waals surface area contributed by atoms with Gasteiger partial charge in [0.25, 0.3) is 0 Å². The first-order chi connectivity index (χ1) is 9.85. The highest BCUT2D eigenvalue weighted by Crippen LogP contribution is 2.20. The van der Waals surface area contributed by atoms with E-state index in [0.717, 1.165) is 12.1 Å². The fourth-order valence-electron chi connectivity index (χ4n) is 2.15. The van der Waals surface area contributed by atoms with Gasteiger partial charge in [-0.3, -0.25) is 5.32 Å². The van der Waals surface area contributed by atoms with Gasteiger partial charge in [-0.05, 0) is 38.5 Å². The summed E-state index contributed by atoms with van der Waals surface area (Å²) in [5, 5.41) is 6.51. The molecule has 1 aliphatic rings. The van der Waals surface area contributed by atoms with Crippen molar-refractivity contribution in [3.63, 3.8) is 0 Å². The number of hydrogen-bond donors (Lipinski definition) is 2. The fraction of sp³-hybridized carbons (Fsp3) is 0.533. The molecule has 1 unspecified atom stereocenters. The van der Waals surface area contributed by atoms with E-state index < -0.39 is 6.09 Å². The molecule has 6 heteroatoms. The Bertz CT molecular complexity index is 520. The van der Waals surface area contributed by atoms with E-state index in [-0.39, 0.29) is 18.3 Å². The highest BCUT2D eigenvalue weighted by atomic mass is 35.5. The third-order valence-electron chi connectivity index (χ3n) is 3.23. The minimum absolute atomic E-state index is 0.138. The average Bonchev–Trinajstić information content (AvgIpc) is 2.40. The van der Waals surface area contributed by atoms with E-state index in [1.165, 1.54) is 0 Å². The van der Waals surface area contributed by atoms with Crippen LogP contribution in [0.25, 0.3) is 0 Å². The Morgan fingerprint density at radius 3 is 3.00 bits per heavy atom. The van der Waals surface area contributed by atoms with Gasteiger partial charge in [0.05, 0.1) is 5.60 Å².